The van der Waals surface area contributed by atoms with E-state index in [2.05, 4.69) is 25.6 Å². The first-order valence-corrected chi connectivity index (χ1v) is 13.4. The Balaban J connectivity index is 1.54. The molecule has 12 heteroatoms. The highest BCUT2D eigenvalue weighted by Gasteiger charge is 2.28. The number of benzene rings is 3. The Morgan fingerprint density at radius 1 is 1.05 bits per heavy atom. The predicted octanol–water partition coefficient (Wildman–Crippen LogP) is 6.91. The number of carbonyl (C=O) groups excluding carboxylic acids is 1. The van der Waals surface area contributed by atoms with Gasteiger partial charge in [-0.25, -0.2) is 19.2 Å². The van der Waals surface area contributed by atoms with E-state index in [-0.39, 0.29) is 12.1 Å². The van der Waals surface area contributed by atoms with E-state index in [9.17, 15) is 18.0 Å². The van der Waals surface area contributed by atoms with Gasteiger partial charge in [-0.2, -0.15) is 8.78 Å². The maximum absolute atomic E-state index is 14.0. The van der Waals surface area contributed by atoms with Gasteiger partial charge in [-0.15, -0.1) is 0 Å². The van der Waals surface area contributed by atoms with Gasteiger partial charge in [-0.05, 0) is 48.0 Å². The van der Waals surface area contributed by atoms with Gasteiger partial charge in [0.15, 0.2) is 11.5 Å². The Hall–Kier alpha value is -4.58. The summed E-state index contributed by atoms with van der Waals surface area (Å²) in [5.74, 6) is -2.58. The average Bonchev–Trinajstić information content (AvgIpc) is 2.96. The summed E-state index contributed by atoms with van der Waals surface area (Å²) in [5, 5.41) is 6.79. The largest absolute Gasteiger partial charge is 0.493 e. The van der Waals surface area contributed by atoms with Gasteiger partial charge in [-0.3, -0.25) is 4.99 Å². The van der Waals surface area contributed by atoms with Gasteiger partial charge < -0.3 is 20.1 Å². The summed E-state index contributed by atoms with van der Waals surface area (Å²) in [5.41, 5.74) is 1.39. The molecule has 0 radical (unpaired) electrons. The quantitative estimate of drug-likeness (QED) is 0.153. The lowest BCUT2D eigenvalue weighted by Crippen LogP contribution is -2.31. The van der Waals surface area contributed by atoms with Crippen molar-refractivity contribution in [2.24, 2.45) is 4.99 Å². The highest BCUT2D eigenvalue weighted by molar-refractivity contribution is 7.99. The van der Waals surface area contributed by atoms with Crippen LogP contribution in [0.25, 0.3) is 10.9 Å². The molecule has 0 bridgehead atoms. The molecule has 0 saturated heterocycles. The van der Waals surface area contributed by atoms with Gasteiger partial charge in [0.25, 0.3) is 5.92 Å². The molecule has 0 saturated carbocycles. The maximum Gasteiger partial charge on any atom is 0.323 e. The first-order chi connectivity index (χ1) is 20.1. The summed E-state index contributed by atoms with van der Waals surface area (Å²) in [6, 6.07) is 15.5. The highest BCUT2D eigenvalue weighted by atomic mass is 32.2. The van der Waals surface area contributed by atoms with Gasteiger partial charge in [0.05, 0.1) is 19.7 Å². The number of halogens is 3. The fourth-order valence-corrected chi connectivity index (χ4v) is 4.93. The molecule has 0 aliphatic rings. The predicted molar refractivity (Wildman–Crippen MR) is 158 cm³/mol. The maximum atomic E-state index is 14.0. The molecule has 1 heterocycles. The number of methoxy groups -OCH3 is 2. The van der Waals surface area contributed by atoms with Crippen molar-refractivity contribution in [3.63, 3.8) is 0 Å². The Morgan fingerprint density at radius 3 is 2.43 bits per heavy atom. The molecule has 218 valence electrons. The Labute approximate surface area is 245 Å². The second-order valence-corrected chi connectivity index (χ2v) is 10.1. The van der Waals surface area contributed by atoms with E-state index in [4.69, 9.17) is 9.47 Å². The van der Waals surface area contributed by atoms with Crippen molar-refractivity contribution in [1.29, 1.82) is 0 Å². The molecule has 2 N–H and O–H groups in total. The first-order valence-electron chi connectivity index (χ1n) is 12.6. The zero-order valence-electron chi connectivity index (χ0n) is 23.2. The molecule has 0 aliphatic carbocycles. The monoisotopic (exact) mass is 595 g/mol. The normalized spacial score (nSPS) is 12.3. The number of nitrogens with zero attached hydrogens (tertiary/aromatic N) is 3. The second kappa shape index (κ2) is 13.4. The van der Waals surface area contributed by atoms with Crippen LogP contribution < -0.4 is 20.1 Å². The van der Waals surface area contributed by atoms with E-state index in [0.29, 0.717) is 33.3 Å². The van der Waals surface area contributed by atoms with Crippen molar-refractivity contribution in [1.82, 2.24) is 15.3 Å². The molecule has 0 aliphatic heterocycles. The number of rotatable bonds is 10. The molecule has 0 atom stereocenters. The van der Waals surface area contributed by atoms with Crippen LogP contribution in [-0.4, -0.2) is 48.9 Å². The van der Waals surface area contributed by atoms with Crippen LogP contribution in [0.3, 0.4) is 0 Å². The molecule has 4 rings (SSSR count). The average molecular weight is 596 g/mol. The van der Waals surface area contributed by atoms with E-state index in [0.717, 1.165) is 23.3 Å². The number of fused-ring (bicyclic) bond motifs is 1. The van der Waals surface area contributed by atoms with Gasteiger partial charge in [0, 0.05) is 48.1 Å². The van der Waals surface area contributed by atoms with Crippen LogP contribution in [0.15, 0.2) is 93.7 Å². The molecular formula is C30H28F3N5O3S. The minimum atomic E-state index is -3.23. The molecular weight excluding hydrogens is 567 g/mol. The molecule has 1 aromatic heterocycles. The minimum Gasteiger partial charge on any atom is -0.493 e. The molecule has 2 amide bonds. The molecule has 0 spiro atoms. The number of aromatic nitrogens is 2. The molecule has 0 unspecified atom stereocenters. The van der Waals surface area contributed by atoms with Crippen molar-refractivity contribution in [3.05, 3.63) is 90.1 Å². The summed E-state index contributed by atoms with van der Waals surface area (Å²) < 4.78 is 52.3. The molecule has 4 aromatic rings. The van der Waals surface area contributed by atoms with Crippen LogP contribution in [-0.2, 0) is 6.42 Å². The molecule has 42 heavy (non-hydrogen) atoms. The van der Waals surface area contributed by atoms with Gasteiger partial charge >= 0.3 is 6.03 Å². The third-order valence-corrected chi connectivity index (χ3v) is 7.00. The Bertz CT molecular complexity index is 1640. The smallest absolute Gasteiger partial charge is 0.323 e. The summed E-state index contributed by atoms with van der Waals surface area (Å²) >= 11 is 1.36. The Kier molecular flexibility index (Phi) is 9.68. The number of urea groups is 1. The highest BCUT2D eigenvalue weighted by Crippen LogP contribution is 2.37. The van der Waals surface area contributed by atoms with Gasteiger partial charge in [0.1, 0.15) is 22.9 Å². The van der Waals surface area contributed by atoms with Crippen LogP contribution in [0.4, 0.5) is 23.7 Å². The molecule has 3 aromatic carbocycles. The minimum absolute atomic E-state index is 0.0632. The zero-order valence-corrected chi connectivity index (χ0v) is 24.1. The van der Waals surface area contributed by atoms with Gasteiger partial charge in [-0.1, -0.05) is 30.0 Å². The lowest BCUT2D eigenvalue weighted by molar-refractivity contribution is 0.101. The lowest BCUT2D eigenvalue weighted by Gasteiger charge is -2.15. The fraction of sp³-hybridized carbons (Fsp3) is 0.200. The summed E-state index contributed by atoms with van der Waals surface area (Å²) in [6.07, 6.45) is 2.64. The van der Waals surface area contributed by atoms with Gasteiger partial charge in [0.2, 0.25) is 0 Å². The third kappa shape index (κ3) is 7.78. The van der Waals surface area contributed by atoms with E-state index in [1.807, 2.05) is 6.07 Å². The second-order valence-electron chi connectivity index (χ2n) is 9.08. The SMILES string of the molecule is CN=C(/C=C(\Cc1ccc(F)cc1)NC(=O)Nc1cccc(Sc2ncnc3cc(OC)c(OC)cc23)c1)C(C)(F)F. The van der Waals surface area contributed by atoms with Crippen LogP contribution >= 0.6 is 11.8 Å². The standard InChI is InChI=1S/C30H28F3N5O3S/c1-30(32,33)27(34-2)14-21(12-18-8-10-19(31)11-9-18)38-29(39)37-20-6-5-7-22(13-20)42-28-23-15-25(40-3)26(41-4)16-24(23)35-17-36-28/h5-11,13-17H,12H2,1-4H3,(H2,37,38,39)/b21-14+,34-27?. The number of anilines is 1. The summed E-state index contributed by atoms with van der Waals surface area (Å²) in [7, 11) is 4.34. The number of allylic oxidation sites excluding steroid dienone is 2. The van der Waals surface area contributed by atoms with Crippen LogP contribution in [0.5, 0.6) is 11.5 Å². The number of ether oxygens (including phenoxy) is 2. The van der Waals surface area contributed by atoms with E-state index in [1.165, 1.54) is 49.4 Å². The molecule has 0 fully saturated rings. The topological polar surface area (TPSA) is 97.7 Å². The lowest BCUT2D eigenvalue weighted by atomic mass is 10.1. The number of hydrogen-bond donors (Lipinski definition) is 2. The van der Waals surface area contributed by atoms with Crippen molar-refractivity contribution in [3.8, 4) is 11.5 Å². The van der Waals surface area contributed by atoms with Crippen LogP contribution in [0, 0.1) is 5.82 Å². The summed E-state index contributed by atoms with van der Waals surface area (Å²) in [4.78, 5) is 26.1. The number of carbonyl (C=O) groups is 1. The van der Waals surface area contributed by atoms with Crippen LogP contribution in [0.2, 0.25) is 0 Å². The number of aliphatic imine (C=N–C) groups is 1. The Morgan fingerprint density at radius 2 is 1.76 bits per heavy atom. The van der Waals surface area contributed by atoms with Crippen molar-refractivity contribution in [2.75, 3.05) is 26.6 Å². The first kappa shape index (κ1) is 30.4. The number of nitrogens with one attached hydrogen (secondary N) is 2. The summed E-state index contributed by atoms with van der Waals surface area (Å²) in [6.45, 7) is 0.720. The molecule has 8 nitrogen and oxygen atoms in total. The van der Waals surface area contributed by atoms with Crippen molar-refractivity contribution < 1.29 is 27.4 Å². The van der Waals surface area contributed by atoms with Crippen molar-refractivity contribution in [2.45, 2.75) is 29.2 Å². The van der Waals surface area contributed by atoms with E-state index < -0.39 is 23.5 Å². The fourth-order valence-electron chi connectivity index (χ4n) is 4.00. The number of alkyl halides is 2. The van der Waals surface area contributed by atoms with Crippen LogP contribution in [0.1, 0.15) is 12.5 Å². The number of hydrogen-bond acceptors (Lipinski definition) is 7. The number of amides is 2. The third-order valence-electron chi connectivity index (χ3n) is 5.99. The van der Waals surface area contributed by atoms with Crippen molar-refractivity contribution >= 4 is 40.1 Å². The van der Waals surface area contributed by atoms with E-state index >= 15 is 0 Å². The zero-order chi connectivity index (χ0) is 30.3. The van der Waals surface area contributed by atoms with E-state index in [1.54, 1.807) is 44.6 Å².